The Bertz CT molecular complexity index is 640. The van der Waals surface area contributed by atoms with E-state index < -0.39 is 0 Å². The lowest BCUT2D eigenvalue weighted by molar-refractivity contribution is 0.0991. The van der Waals surface area contributed by atoms with Crippen LogP contribution in [0.3, 0.4) is 0 Å². The smallest absolute Gasteiger partial charge is 0.259 e. The maximum Gasteiger partial charge on any atom is 0.259 e. The largest absolute Gasteiger partial charge is 0.495 e. The van der Waals surface area contributed by atoms with Crippen LogP contribution in [0.25, 0.3) is 0 Å². The van der Waals surface area contributed by atoms with Gasteiger partial charge in [0.1, 0.15) is 5.75 Å². The van der Waals surface area contributed by atoms with E-state index in [1.807, 2.05) is 49.4 Å². The van der Waals surface area contributed by atoms with Crippen LogP contribution in [0.1, 0.15) is 15.9 Å². The predicted molar refractivity (Wildman–Crippen MR) is 84.6 cm³/mol. The third kappa shape index (κ3) is 2.70. The Hall–Kier alpha value is -1.81. The first-order chi connectivity index (χ1) is 9.56. The first kappa shape index (κ1) is 14.6. The summed E-state index contributed by atoms with van der Waals surface area (Å²) in [6, 6.07) is 13.1. The van der Waals surface area contributed by atoms with Gasteiger partial charge in [0.15, 0.2) is 0 Å². The molecule has 0 atom stereocenters. The first-order valence-corrected chi connectivity index (χ1v) is 7.01. The van der Waals surface area contributed by atoms with Crippen molar-refractivity contribution >= 4 is 27.5 Å². The van der Waals surface area contributed by atoms with Crippen molar-refractivity contribution in [2.75, 3.05) is 19.1 Å². The molecule has 0 radical (unpaired) electrons. The lowest BCUT2D eigenvalue weighted by Crippen LogP contribution is -2.27. The van der Waals surface area contributed by atoms with Gasteiger partial charge in [0.05, 0.1) is 18.4 Å². The van der Waals surface area contributed by atoms with Gasteiger partial charge in [0, 0.05) is 11.5 Å². The molecule has 0 aliphatic rings. The summed E-state index contributed by atoms with van der Waals surface area (Å²) in [7, 11) is 3.34. The highest BCUT2D eigenvalue weighted by Gasteiger charge is 2.19. The zero-order valence-corrected chi connectivity index (χ0v) is 13.3. The van der Waals surface area contributed by atoms with Crippen LogP contribution in [0.15, 0.2) is 46.9 Å². The van der Waals surface area contributed by atoms with Crippen LogP contribution in [0, 0.1) is 6.92 Å². The van der Waals surface area contributed by atoms with E-state index in [1.165, 1.54) is 0 Å². The van der Waals surface area contributed by atoms with Crippen molar-refractivity contribution in [2.24, 2.45) is 0 Å². The van der Waals surface area contributed by atoms with Crippen LogP contribution < -0.4 is 9.64 Å². The van der Waals surface area contributed by atoms with E-state index >= 15 is 0 Å². The fraction of sp³-hybridized carbons (Fsp3) is 0.188. The van der Waals surface area contributed by atoms with Crippen LogP contribution in [0.5, 0.6) is 5.75 Å². The summed E-state index contributed by atoms with van der Waals surface area (Å²) in [5.74, 6) is 0.595. The van der Waals surface area contributed by atoms with Crippen molar-refractivity contribution in [1.29, 1.82) is 0 Å². The van der Waals surface area contributed by atoms with Crippen LogP contribution >= 0.6 is 15.9 Å². The summed E-state index contributed by atoms with van der Waals surface area (Å²) in [6.07, 6.45) is 0. The number of aryl methyl sites for hydroxylation is 1. The van der Waals surface area contributed by atoms with Crippen molar-refractivity contribution < 1.29 is 9.53 Å². The Morgan fingerprint density at radius 1 is 1.15 bits per heavy atom. The highest BCUT2D eigenvalue weighted by atomic mass is 79.9. The minimum absolute atomic E-state index is 0.0786. The van der Waals surface area contributed by atoms with E-state index in [1.54, 1.807) is 19.1 Å². The summed E-state index contributed by atoms with van der Waals surface area (Å²) in [4.78, 5) is 14.2. The van der Waals surface area contributed by atoms with Crippen LogP contribution in [0.4, 0.5) is 5.69 Å². The van der Waals surface area contributed by atoms with Gasteiger partial charge < -0.3 is 9.64 Å². The van der Waals surface area contributed by atoms with Gasteiger partial charge in [-0.05, 0) is 46.6 Å². The molecule has 0 heterocycles. The van der Waals surface area contributed by atoms with Crippen molar-refractivity contribution in [2.45, 2.75) is 6.92 Å². The number of amides is 1. The molecule has 2 rings (SSSR count). The number of hydrogen-bond acceptors (Lipinski definition) is 2. The number of anilines is 1. The molecular formula is C16H16BrNO2. The number of ether oxygens (including phenoxy) is 1. The summed E-state index contributed by atoms with van der Waals surface area (Å²) >= 11 is 3.48. The van der Waals surface area contributed by atoms with Gasteiger partial charge >= 0.3 is 0 Å². The fourth-order valence-corrected chi connectivity index (χ4v) is 2.44. The monoisotopic (exact) mass is 333 g/mol. The summed E-state index contributed by atoms with van der Waals surface area (Å²) in [5, 5.41) is 0. The van der Waals surface area contributed by atoms with E-state index in [0.29, 0.717) is 11.3 Å². The highest BCUT2D eigenvalue weighted by molar-refractivity contribution is 9.10. The number of nitrogens with zero attached hydrogens (tertiary/aromatic N) is 1. The number of halogens is 1. The number of carbonyl (C=O) groups excluding carboxylic acids is 1. The molecule has 0 saturated heterocycles. The molecule has 2 aromatic carbocycles. The van der Waals surface area contributed by atoms with Crippen molar-refractivity contribution in [3.8, 4) is 5.75 Å². The normalized spacial score (nSPS) is 10.2. The molecule has 0 spiro atoms. The Morgan fingerprint density at radius 3 is 2.55 bits per heavy atom. The first-order valence-electron chi connectivity index (χ1n) is 6.22. The maximum atomic E-state index is 12.6. The second kappa shape index (κ2) is 6.09. The molecule has 20 heavy (non-hydrogen) atoms. The topological polar surface area (TPSA) is 29.5 Å². The maximum absolute atomic E-state index is 12.6. The molecule has 0 fully saturated rings. The van der Waals surface area contributed by atoms with Gasteiger partial charge in [-0.3, -0.25) is 4.79 Å². The molecule has 104 valence electrons. The van der Waals surface area contributed by atoms with E-state index in [-0.39, 0.29) is 5.91 Å². The molecule has 0 N–H and O–H groups in total. The fourth-order valence-electron chi connectivity index (χ4n) is 2.01. The number of benzene rings is 2. The van der Waals surface area contributed by atoms with Gasteiger partial charge in [0.2, 0.25) is 0 Å². The molecule has 0 saturated carbocycles. The Morgan fingerprint density at radius 2 is 1.85 bits per heavy atom. The van der Waals surface area contributed by atoms with Crippen molar-refractivity contribution in [3.63, 3.8) is 0 Å². The second-order valence-corrected chi connectivity index (χ2v) is 5.27. The van der Waals surface area contributed by atoms with Gasteiger partial charge in [-0.1, -0.05) is 24.3 Å². The second-order valence-electron chi connectivity index (χ2n) is 4.47. The standard InChI is InChI=1S/C16H16BrNO2/c1-11-7-6-8-12(15(11)17)16(19)18(2)13-9-4-5-10-14(13)20-3/h4-10H,1-3H3. The summed E-state index contributed by atoms with van der Waals surface area (Å²) in [6.45, 7) is 1.96. The van der Waals surface area contributed by atoms with Gasteiger partial charge in [-0.2, -0.15) is 0 Å². The number of rotatable bonds is 3. The van der Waals surface area contributed by atoms with Crippen LogP contribution in [0.2, 0.25) is 0 Å². The van der Waals surface area contributed by atoms with Crippen molar-refractivity contribution in [1.82, 2.24) is 0 Å². The van der Waals surface area contributed by atoms with Crippen LogP contribution in [-0.4, -0.2) is 20.1 Å². The number of para-hydroxylation sites is 2. The lowest BCUT2D eigenvalue weighted by atomic mass is 10.1. The Balaban J connectivity index is 2.40. The number of hydrogen-bond donors (Lipinski definition) is 0. The summed E-state index contributed by atoms with van der Waals surface area (Å²) < 4.78 is 6.13. The average molecular weight is 334 g/mol. The number of methoxy groups -OCH3 is 1. The zero-order valence-electron chi connectivity index (χ0n) is 11.7. The third-order valence-electron chi connectivity index (χ3n) is 3.17. The van der Waals surface area contributed by atoms with E-state index in [0.717, 1.165) is 15.7 Å². The van der Waals surface area contributed by atoms with Crippen LogP contribution in [-0.2, 0) is 0 Å². The Labute approximate surface area is 127 Å². The quantitative estimate of drug-likeness (QED) is 0.848. The molecule has 0 aromatic heterocycles. The SMILES string of the molecule is COc1ccccc1N(C)C(=O)c1cccc(C)c1Br. The zero-order chi connectivity index (χ0) is 14.7. The van der Waals surface area contributed by atoms with Crippen molar-refractivity contribution in [3.05, 3.63) is 58.1 Å². The lowest BCUT2D eigenvalue weighted by Gasteiger charge is -2.20. The minimum Gasteiger partial charge on any atom is -0.495 e. The van der Waals surface area contributed by atoms with Gasteiger partial charge in [0.25, 0.3) is 5.91 Å². The average Bonchev–Trinajstić information content (AvgIpc) is 2.48. The van der Waals surface area contributed by atoms with E-state index in [4.69, 9.17) is 4.74 Å². The molecular weight excluding hydrogens is 318 g/mol. The molecule has 0 aliphatic heterocycles. The van der Waals surface area contributed by atoms with E-state index in [9.17, 15) is 4.79 Å². The third-order valence-corrected chi connectivity index (χ3v) is 4.23. The molecule has 3 nitrogen and oxygen atoms in total. The number of carbonyl (C=O) groups is 1. The molecule has 0 bridgehead atoms. The highest BCUT2D eigenvalue weighted by Crippen LogP contribution is 2.29. The van der Waals surface area contributed by atoms with E-state index in [2.05, 4.69) is 15.9 Å². The predicted octanol–water partition coefficient (Wildman–Crippen LogP) is 4.04. The molecule has 0 unspecified atom stereocenters. The molecule has 4 heteroatoms. The summed E-state index contributed by atoms with van der Waals surface area (Å²) in [5.41, 5.74) is 2.41. The van der Waals surface area contributed by atoms with Gasteiger partial charge in [-0.15, -0.1) is 0 Å². The minimum atomic E-state index is -0.0786. The molecule has 2 aromatic rings. The molecule has 1 amide bonds. The Kier molecular flexibility index (Phi) is 4.45. The molecule has 0 aliphatic carbocycles. The van der Waals surface area contributed by atoms with Gasteiger partial charge in [-0.25, -0.2) is 0 Å².